The molecule has 2 amide bonds. The molecule has 0 aliphatic carbocycles. The SMILES string of the molecule is NC(=O)Nc1nnc(-c2ccncc2Nc2ccc(I)cc2F)o1. The molecule has 2 aromatic heterocycles. The molecule has 0 unspecified atom stereocenters. The highest BCUT2D eigenvalue weighted by atomic mass is 127. The number of urea groups is 1. The van der Waals surface area contributed by atoms with Gasteiger partial charge < -0.3 is 15.5 Å². The lowest BCUT2D eigenvalue weighted by Gasteiger charge is -2.10. The average molecular weight is 440 g/mol. The predicted octanol–water partition coefficient (Wildman–Crippen LogP) is 3.11. The fourth-order valence-electron chi connectivity index (χ4n) is 1.90. The van der Waals surface area contributed by atoms with Gasteiger partial charge in [0.1, 0.15) is 5.82 Å². The second kappa shape index (κ2) is 6.78. The van der Waals surface area contributed by atoms with Gasteiger partial charge in [-0.15, -0.1) is 5.10 Å². The fraction of sp³-hybridized carbons (Fsp3) is 0. The molecule has 4 N–H and O–H groups in total. The molecule has 0 aliphatic rings. The minimum atomic E-state index is -0.820. The van der Waals surface area contributed by atoms with Crippen LogP contribution >= 0.6 is 22.6 Å². The van der Waals surface area contributed by atoms with Crippen molar-refractivity contribution in [1.29, 1.82) is 0 Å². The first-order valence-corrected chi connectivity index (χ1v) is 7.67. The van der Waals surface area contributed by atoms with Crippen molar-refractivity contribution >= 4 is 46.0 Å². The Bertz CT molecular complexity index is 900. The third-order valence-corrected chi connectivity index (χ3v) is 3.58. The van der Waals surface area contributed by atoms with Crippen molar-refractivity contribution in [2.45, 2.75) is 0 Å². The topological polar surface area (TPSA) is 119 Å². The summed E-state index contributed by atoms with van der Waals surface area (Å²) in [7, 11) is 0. The summed E-state index contributed by atoms with van der Waals surface area (Å²) >= 11 is 2.02. The first kappa shape index (κ1) is 16.1. The van der Waals surface area contributed by atoms with Crippen molar-refractivity contribution < 1.29 is 13.6 Å². The summed E-state index contributed by atoms with van der Waals surface area (Å²) in [6.07, 6.45) is 3.02. The third-order valence-electron chi connectivity index (χ3n) is 2.91. The van der Waals surface area contributed by atoms with E-state index in [4.69, 9.17) is 10.2 Å². The zero-order chi connectivity index (χ0) is 17.1. The number of hydrogen-bond donors (Lipinski definition) is 3. The molecule has 0 saturated heterocycles. The summed E-state index contributed by atoms with van der Waals surface area (Å²) in [5, 5.41) is 12.6. The Morgan fingerprint density at radius 2 is 2.08 bits per heavy atom. The Labute approximate surface area is 148 Å². The van der Waals surface area contributed by atoms with Crippen molar-refractivity contribution in [3.63, 3.8) is 0 Å². The lowest BCUT2D eigenvalue weighted by molar-refractivity contribution is 0.258. The maximum Gasteiger partial charge on any atom is 0.324 e. The van der Waals surface area contributed by atoms with Crippen LogP contribution in [0.15, 0.2) is 41.1 Å². The van der Waals surface area contributed by atoms with Crippen LogP contribution in [0.25, 0.3) is 11.5 Å². The van der Waals surface area contributed by atoms with Crippen LogP contribution in [-0.4, -0.2) is 21.2 Å². The fourth-order valence-corrected chi connectivity index (χ4v) is 2.36. The number of nitrogens with one attached hydrogen (secondary N) is 2. The van der Waals surface area contributed by atoms with E-state index in [1.54, 1.807) is 18.2 Å². The zero-order valence-electron chi connectivity index (χ0n) is 12.0. The number of carbonyl (C=O) groups excluding carboxylic acids is 1. The van der Waals surface area contributed by atoms with Gasteiger partial charge in [-0.1, -0.05) is 5.10 Å². The van der Waals surface area contributed by atoms with E-state index in [2.05, 4.69) is 25.8 Å². The second-order valence-corrected chi connectivity index (χ2v) is 5.82. The van der Waals surface area contributed by atoms with Gasteiger partial charge in [0.25, 0.3) is 5.89 Å². The lowest BCUT2D eigenvalue weighted by atomic mass is 10.2. The number of aromatic nitrogens is 3. The normalized spacial score (nSPS) is 10.4. The van der Waals surface area contributed by atoms with E-state index in [9.17, 15) is 9.18 Å². The molecular weight excluding hydrogens is 430 g/mol. The molecule has 0 bridgehead atoms. The summed E-state index contributed by atoms with van der Waals surface area (Å²) in [5.74, 6) is -0.284. The summed E-state index contributed by atoms with van der Waals surface area (Å²) in [5.41, 5.74) is 6.23. The standard InChI is InChI=1S/C14H10FIN6O2/c15-9-5-7(16)1-2-10(9)19-11-6-18-4-3-8(11)12-21-22-14(24-12)20-13(17)23/h1-6,19H,(H3,17,20,22,23). The number of anilines is 3. The molecule has 3 rings (SSSR count). The molecule has 0 fully saturated rings. The molecule has 8 nitrogen and oxygen atoms in total. The summed E-state index contributed by atoms with van der Waals surface area (Å²) < 4.78 is 20.1. The van der Waals surface area contributed by atoms with Gasteiger partial charge in [-0.25, -0.2) is 9.18 Å². The van der Waals surface area contributed by atoms with Crippen molar-refractivity contribution in [3.05, 3.63) is 46.0 Å². The van der Waals surface area contributed by atoms with Gasteiger partial charge in [0.15, 0.2) is 0 Å². The number of halogens is 2. The van der Waals surface area contributed by atoms with Crippen LogP contribution in [0, 0.1) is 9.39 Å². The molecule has 0 aliphatic heterocycles. The van der Waals surface area contributed by atoms with E-state index in [0.717, 1.165) is 3.57 Å². The first-order chi connectivity index (χ1) is 11.5. The molecule has 122 valence electrons. The quantitative estimate of drug-likeness (QED) is 0.537. The number of primary amides is 1. The monoisotopic (exact) mass is 440 g/mol. The van der Waals surface area contributed by atoms with Gasteiger partial charge in [-0.3, -0.25) is 10.3 Å². The van der Waals surface area contributed by atoms with Crippen LogP contribution in [0.2, 0.25) is 0 Å². The van der Waals surface area contributed by atoms with Gasteiger partial charge in [-0.2, -0.15) is 0 Å². The molecule has 3 aromatic rings. The van der Waals surface area contributed by atoms with Crippen LogP contribution in [0.1, 0.15) is 0 Å². The molecule has 2 heterocycles. The molecule has 0 spiro atoms. The molecule has 0 atom stereocenters. The number of carbonyl (C=O) groups is 1. The predicted molar refractivity (Wildman–Crippen MR) is 93.1 cm³/mol. The summed E-state index contributed by atoms with van der Waals surface area (Å²) in [6.45, 7) is 0. The Balaban J connectivity index is 1.93. The smallest absolute Gasteiger partial charge is 0.324 e. The minimum absolute atomic E-state index is 0.120. The van der Waals surface area contributed by atoms with E-state index < -0.39 is 11.8 Å². The van der Waals surface area contributed by atoms with Crippen LogP contribution < -0.4 is 16.4 Å². The highest BCUT2D eigenvalue weighted by molar-refractivity contribution is 14.1. The van der Waals surface area contributed by atoms with Gasteiger partial charge in [0.05, 0.1) is 23.1 Å². The number of benzene rings is 1. The summed E-state index contributed by atoms with van der Waals surface area (Å²) in [6, 6.07) is 5.44. The van der Waals surface area contributed by atoms with E-state index in [1.165, 1.54) is 18.5 Å². The van der Waals surface area contributed by atoms with Crippen LogP contribution in [0.4, 0.5) is 26.6 Å². The molecule has 1 aromatic carbocycles. The highest BCUT2D eigenvalue weighted by Gasteiger charge is 2.15. The minimum Gasteiger partial charge on any atom is -0.403 e. The Kier molecular flexibility index (Phi) is 4.55. The number of pyridine rings is 1. The average Bonchev–Trinajstić information content (AvgIpc) is 2.98. The largest absolute Gasteiger partial charge is 0.403 e. The van der Waals surface area contributed by atoms with Crippen molar-refractivity contribution in [3.8, 4) is 11.5 Å². The van der Waals surface area contributed by atoms with E-state index in [-0.39, 0.29) is 17.6 Å². The number of hydrogen-bond acceptors (Lipinski definition) is 6. The van der Waals surface area contributed by atoms with E-state index in [1.807, 2.05) is 22.6 Å². The number of rotatable bonds is 4. The molecule has 24 heavy (non-hydrogen) atoms. The second-order valence-electron chi connectivity index (χ2n) is 4.57. The number of amides is 2. The van der Waals surface area contributed by atoms with Crippen LogP contribution in [-0.2, 0) is 0 Å². The van der Waals surface area contributed by atoms with Gasteiger partial charge >= 0.3 is 12.0 Å². The first-order valence-electron chi connectivity index (χ1n) is 6.59. The van der Waals surface area contributed by atoms with Crippen LogP contribution in [0.3, 0.4) is 0 Å². The van der Waals surface area contributed by atoms with Gasteiger partial charge in [-0.05, 0) is 46.9 Å². The maximum atomic E-state index is 14.0. The Morgan fingerprint density at radius 1 is 1.25 bits per heavy atom. The molecule has 0 radical (unpaired) electrons. The number of nitrogens with two attached hydrogens (primary N) is 1. The number of nitrogens with zero attached hydrogens (tertiary/aromatic N) is 3. The molecule has 10 heteroatoms. The van der Waals surface area contributed by atoms with Crippen molar-refractivity contribution in [2.24, 2.45) is 5.73 Å². The van der Waals surface area contributed by atoms with Crippen molar-refractivity contribution in [2.75, 3.05) is 10.6 Å². The van der Waals surface area contributed by atoms with Crippen LogP contribution in [0.5, 0.6) is 0 Å². The molecular formula is C14H10FIN6O2. The van der Waals surface area contributed by atoms with Gasteiger partial charge in [0, 0.05) is 9.77 Å². The highest BCUT2D eigenvalue weighted by Crippen LogP contribution is 2.30. The van der Waals surface area contributed by atoms with E-state index >= 15 is 0 Å². The Hall–Kier alpha value is -2.76. The van der Waals surface area contributed by atoms with Gasteiger partial charge in [0.2, 0.25) is 0 Å². The zero-order valence-corrected chi connectivity index (χ0v) is 14.1. The lowest BCUT2D eigenvalue weighted by Crippen LogP contribution is -2.19. The summed E-state index contributed by atoms with van der Waals surface area (Å²) in [4.78, 5) is 14.8. The van der Waals surface area contributed by atoms with Crippen molar-refractivity contribution in [1.82, 2.24) is 15.2 Å². The Morgan fingerprint density at radius 3 is 2.83 bits per heavy atom. The third kappa shape index (κ3) is 3.59. The maximum absolute atomic E-state index is 14.0. The van der Waals surface area contributed by atoms with E-state index in [0.29, 0.717) is 11.3 Å². The molecule has 0 saturated carbocycles.